The van der Waals surface area contributed by atoms with E-state index in [1.54, 1.807) is 6.92 Å². The van der Waals surface area contributed by atoms with Crippen LogP contribution in [0.5, 0.6) is 0 Å². The fraction of sp³-hybridized carbons (Fsp3) is 0.667. The highest BCUT2D eigenvalue weighted by Crippen LogP contribution is 2.41. The zero-order valence-corrected chi connectivity index (χ0v) is 11.6. The molecule has 0 bridgehead atoms. The van der Waals surface area contributed by atoms with Crippen LogP contribution < -0.4 is 11.2 Å². The maximum Gasteiger partial charge on any atom is 0.325 e. The lowest BCUT2D eigenvalue weighted by Gasteiger charge is -2.36. The van der Waals surface area contributed by atoms with E-state index in [2.05, 4.69) is 4.98 Å². The van der Waals surface area contributed by atoms with E-state index in [0.29, 0.717) is 0 Å². The Morgan fingerprint density at radius 1 is 1.48 bits per heavy atom. The molecule has 0 spiro atoms. The van der Waals surface area contributed by atoms with Crippen LogP contribution in [0.3, 0.4) is 0 Å². The van der Waals surface area contributed by atoms with E-state index < -0.39 is 47.9 Å². The van der Waals surface area contributed by atoms with E-state index in [9.17, 15) is 24.9 Å². The Labute approximate surface area is 119 Å². The number of aromatic amines is 2. The third-order valence-corrected chi connectivity index (χ3v) is 3.87. The third-order valence-electron chi connectivity index (χ3n) is 3.87. The summed E-state index contributed by atoms with van der Waals surface area (Å²) in [4.78, 5) is 27.5. The van der Waals surface area contributed by atoms with Gasteiger partial charge in [0.25, 0.3) is 5.56 Å². The van der Waals surface area contributed by atoms with Crippen molar-refractivity contribution in [3.8, 4) is 0 Å². The molecule has 118 valence electrons. The molecule has 0 aromatic carbocycles. The van der Waals surface area contributed by atoms with Crippen LogP contribution in [-0.2, 0) is 15.1 Å². The second-order valence-electron chi connectivity index (χ2n) is 4.93. The van der Waals surface area contributed by atoms with Gasteiger partial charge in [-0.2, -0.15) is 0 Å². The van der Waals surface area contributed by atoms with Gasteiger partial charge in [-0.1, -0.05) is 0 Å². The smallest absolute Gasteiger partial charge is 0.325 e. The number of H-pyrrole nitrogens is 2. The molecule has 0 amide bonds. The van der Waals surface area contributed by atoms with Gasteiger partial charge < -0.3 is 29.8 Å². The molecule has 9 heteroatoms. The highest BCUT2D eigenvalue weighted by molar-refractivity contribution is 5.24. The monoisotopic (exact) mass is 302 g/mol. The predicted molar refractivity (Wildman–Crippen MR) is 69.8 cm³/mol. The van der Waals surface area contributed by atoms with Gasteiger partial charge >= 0.3 is 5.69 Å². The molecule has 0 radical (unpaired) electrons. The molecular formula is C12H18N2O7. The third kappa shape index (κ3) is 2.32. The van der Waals surface area contributed by atoms with Crippen molar-refractivity contribution in [2.75, 3.05) is 13.7 Å². The lowest BCUT2D eigenvalue weighted by atomic mass is 9.84. The van der Waals surface area contributed by atoms with Gasteiger partial charge in [0.15, 0.2) is 5.60 Å². The van der Waals surface area contributed by atoms with Crippen LogP contribution in [0.4, 0.5) is 0 Å². The molecule has 1 saturated heterocycles. The zero-order chi connectivity index (χ0) is 15.8. The quantitative estimate of drug-likeness (QED) is 0.410. The van der Waals surface area contributed by atoms with Gasteiger partial charge in [-0.25, -0.2) is 4.79 Å². The molecule has 21 heavy (non-hydrogen) atoms. The maximum absolute atomic E-state index is 12.0. The first kappa shape index (κ1) is 15.9. The van der Waals surface area contributed by atoms with Gasteiger partial charge in [-0.15, -0.1) is 0 Å². The number of ether oxygens (including phenoxy) is 2. The number of methoxy groups -OCH3 is 1. The summed E-state index contributed by atoms with van der Waals surface area (Å²) < 4.78 is 10.7. The maximum atomic E-state index is 12.0. The van der Waals surface area contributed by atoms with E-state index in [-0.39, 0.29) is 5.56 Å². The van der Waals surface area contributed by atoms with Crippen molar-refractivity contribution >= 4 is 0 Å². The molecule has 1 aliphatic rings. The molecule has 1 aromatic heterocycles. The van der Waals surface area contributed by atoms with E-state index in [1.165, 1.54) is 7.11 Å². The number of rotatable bonds is 4. The zero-order valence-electron chi connectivity index (χ0n) is 11.6. The average Bonchev–Trinajstić information content (AvgIpc) is 2.72. The first-order valence-corrected chi connectivity index (χ1v) is 6.38. The highest BCUT2D eigenvalue weighted by Gasteiger charge is 2.59. The summed E-state index contributed by atoms with van der Waals surface area (Å²) >= 11 is 0. The average molecular weight is 302 g/mol. The van der Waals surface area contributed by atoms with Crippen molar-refractivity contribution in [1.82, 2.24) is 9.97 Å². The summed E-state index contributed by atoms with van der Waals surface area (Å²) in [5, 5.41) is 29.5. The highest BCUT2D eigenvalue weighted by atomic mass is 16.6. The minimum absolute atomic E-state index is 0.0982. The van der Waals surface area contributed by atoms with Crippen molar-refractivity contribution < 1.29 is 24.8 Å². The summed E-state index contributed by atoms with van der Waals surface area (Å²) in [6.07, 6.45) is -3.73. The molecule has 0 aliphatic carbocycles. The first-order valence-electron chi connectivity index (χ1n) is 6.38. The summed E-state index contributed by atoms with van der Waals surface area (Å²) in [6, 6.07) is 0. The van der Waals surface area contributed by atoms with E-state index >= 15 is 0 Å². The number of aliphatic hydroxyl groups excluding tert-OH is 3. The van der Waals surface area contributed by atoms with Crippen molar-refractivity contribution in [1.29, 1.82) is 0 Å². The Bertz CT molecular complexity index is 612. The van der Waals surface area contributed by atoms with Gasteiger partial charge in [-0.05, 0) is 6.92 Å². The standard InChI is InChI=1S/C12H18N2O7/c1-5(20-2)12(6-3-13-11(19)14-10(6)18)9(17)8(16)7(4-15)21-12/h3,5,7-9,15-17H,4H2,1-2H3,(H2,13,14,18,19)/t5?,7-,8-,9-,12+/m1/s1. The van der Waals surface area contributed by atoms with Crippen LogP contribution in [0.25, 0.3) is 0 Å². The van der Waals surface area contributed by atoms with Gasteiger partial charge in [0.05, 0.1) is 18.3 Å². The predicted octanol–water partition coefficient (Wildman–Crippen LogP) is -2.59. The molecule has 1 unspecified atom stereocenters. The molecule has 2 heterocycles. The Morgan fingerprint density at radius 2 is 2.14 bits per heavy atom. The van der Waals surface area contributed by atoms with Gasteiger partial charge in [-0.3, -0.25) is 9.78 Å². The van der Waals surface area contributed by atoms with Crippen LogP contribution in [0.15, 0.2) is 15.8 Å². The fourth-order valence-corrected chi connectivity index (χ4v) is 2.65. The summed E-state index contributed by atoms with van der Waals surface area (Å²) in [5.74, 6) is 0. The van der Waals surface area contributed by atoms with Crippen LogP contribution in [0, 0.1) is 0 Å². The molecule has 2 rings (SSSR count). The van der Waals surface area contributed by atoms with E-state index in [1.807, 2.05) is 4.98 Å². The summed E-state index contributed by atoms with van der Waals surface area (Å²) in [7, 11) is 1.35. The summed E-state index contributed by atoms with van der Waals surface area (Å²) in [5.41, 5.74) is -3.29. The van der Waals surface area contributed by atoms with Crippen molar-refractivity contribution in [3.05, 3.63) is 32.6 Å². The molecule has 5 atom stereocenters. The number of hydrogen-bond donors (Lipinski definition) is 5. The number of hydrogen-bond acceptors (Lipinski definition) is 7. The molecule has 0 saturated carbocycles. The van der Waals surface area contributed by atoms with Gasteiger partial charge in [0.2, 0.25) is 0 Å². The van der Waals surface area contributed by atoms with Crippen LogP contribution >= 0.6 is 0 Å². The van der Waals surface area contributed by atoms with Crippen molar-refractivity contribution in [2.24, 2.45) is 0 Å². The number of aromatic nitrogens is 2. The number of nitrogens with one attached hydrogen (secondary N) is 2. The molecule has 1 fully saturated rings. The second kappa shape index (κ2) is 5.70. The molecule has 5 N–H and O–H groups in total. The Morgan fingerprint density at radius 3 is 2.62 bits per heavy atom. The van der Waals surface area contributed by atoms with E-state index in [4.69, 9.17) is 9.47 Å². The Balaban J connectivity index is 2.64. The Kier molecular flexibility index (Phi) is 4.30. The normalized spacial score (nSPS) is 34.0. The molecule has 1 aromatic rings. The second-order valence-corrected chi connectivity index (χ2v) is 4.93. The van der Waals surface area contributed by atoms with Crippen molar-refractivity contribution in [2.45, 2.75) is 36.9 Å². The van der Waals surface area contributed by atoms with Crippen molar-refractivity contribution in [3.63, 3.8) is 0 Å². The van der Waals surface area contributed by atoms with Crippen LogP contribution in [-0.4, -0.2) is 63.4 Å². The number of aliphatic hydroxyl groups is 3. The van der Waals surface area contributed by atoms with E-state index in [0.717, 1.165) is 6.20 Å². The van der Waals surface area contributed by atoms with Gasteiger partial charge in [0, 0.05) is 13.3 Å². The largest absolute Gasteiger partial charge is 0.394 e. The molecular weight excluding hydrogens is 284 g/mol. The first-order chi connectivity index (χ1) is 9.88. The molecule has 1 aliphatic heterocycles. The van der Waals surface area contributed by atoms with Gasteiger partial charge in [0.1, 0.15) is 18.3 Å². The Hall–Kier alpha value is -1.52. The molecule has 9 nitrogen and oxygen atoms in total. The summed E-state index contributed by atoms with van der Waals surface area (Å²) in [6.45, 7) is 0.998. The topological polar surface area (TPSA) is 145 Å². The minimum atomic E-state index is -1.71. The minimum Gasteiger partial charge on any atom is -0.394 e. The lowest BCUT2D eigenvalue weighted by Crippen LogP contribution is -2.52. The lowest BCUT2D eigenvalue weighted by molar-refractivity contribution is -0.167. The fourth-order valence-electron chi connectivity index (χ4n) is 2.65. The SMILES string of the molecule is COC(C)[C@@]1(c2c[nH]c(=O)[nH]c2=O)O[C@H](CO)[C@@H](O)[C@H]1O. The van der Waals surface area contributed by atoms with Crippen LogP contribution in [0.2, 0.25) is 0 Å². The van der Waals surface area contributed by atoms with Crippen LogP contribution in [0.1, 0.15) is 12.5 Å².